The predicted octanol–water partition coefficient (Wildman–Crippen LogP) is 4.06. The smallest absolute Gasteiger partial charge is 0.417 e. The number of amides is 2. The van der Waals surface area contributed by atoms with E-state index in [0.29, 0.717) is 5.76 Å². The molecule has 0 bridgehead atoms. The Bertz CT molecular complexity index is 817. The highest BCUT2D eigenvalue weighted by molar-refractivity contribution is 6.31. The lowest BCUT2D eigenvalue weighted by atomic mass is 10.2. The highest BCUT2D eigenvalue weighted by Gasteiger charge is 2.33. The number of rotatable bonds is 5. The molecule has 0 unspecified atom stereocenters. The number of carbonyl (C=O) groups is 2. The molecule has 0 fully saturated rings. The quantitative estimate of drug-likeness (QED) is 0.788. The minimum atomic E-state index is -4.64. The lowest BCUT2D eigenvalue weighted by molar-refractivity contribution is -0.137. The van der Waals surface area contributed by atoms with Gasteiger partial charge in [-0.15, -0.1) is 0 Å². The number of nitrogens with zero attached hydrogens (tertiary/aromatic N) is 1. The molecule has 0 aliphatic heterocycles. The van der Waals surface area contributed by atoms with Gasteiger partial charge in [-0.25, -0.2) is 0 Å². The maximum absolute atomic E-state index is 12.8. The molecule has 0 aliphatic carbocycles. The summed E-state index contributed by atoms with van der Waals surface area (Å²) in [6.45, 7) is -0.342. The van der Waals surface area contributed by atoms with Crippen LogP contribution in [-0.4, -0.2) is 30.3 Å². The van der Waals surface area contributed by atoms with E-state index in [2.05, 4.69) is 5.32 Å². The molecule has 2 rings (SSSR count). The minimum absolute atomic E-state index is 0.0706. The van der Waals surface area contributed by atoms with Gasteiger partial charge in [0.15, 0.2) is 0 Å². The van der Waals surface area contributed by atoms with Gasteiger partial charge in [0.05, 0.1) is 23.4 Å². The van der Waals surface area contributed by atoms with E-state index in [9.17, 15) is 22.8 Å². The molecule has 138 valence electrons. The van der Waals surface area contributed by atoms with Crippen molar-refractivity contribution in [2.45, 2.75) is 6.18 Å². The number of benzene rings is 1. The third kappa shape index (κ3) is 5.38. The summed E-state index contributed by atoms with van der Waals surface area (Å²) >= 11 is 5.52. The molecule has 2 amide bonds. The first-order chi connectivity index (χ1) is 12.2. The van der Waals surface area contributed by atoms with Gasteiger partial charge in [0.25, 0.3) is 0 Å². The fourth-order valence-corrected chi connectivity index (χ4v) is 2.21. The molecule has 0 saturated heterocycles. The Morgan fingerprint density at radius 3 is 2.65 bits per heavy atom. The first kappa shape index (κ1) is 19.6. The van der Waals surface area contributed by atoms with E-state index in [1.54, 1.807) is 12.1 Å². The second kappa shape index (κ2) is 8.09. The third-order valence-corrected chi connectivity index (χ3v) is 3.58. The minimum Gasteiger partial charge on any atom is -0.465 e. The van der Waals surface area contributed by atoms with E-state index >= 15 is 0 Å². The molecule has 1 heterocycles. The van der Waals surface area contributed by atoms with Crippen LogP contribution in [0.2, 0.25) is 5.02 Å². The number of nitrogens with one attached hydrogen (secondary N) is 1. The van der Waals surface area contributed by atoms with E-state index in [-0.39, 0.29) is 12.2 Å². The summed E-state index contributed by atoms with van der Waals surface area (Å²) in [4.78, 5) is 25.0. The van der Waals surface area contributed by atoms with E-state index < -0.39 is 28.6 Å². The monoisotopic (exact) mass is 386 g/mol. The summed E-state index contributed by atoms with van der Waals surface area (Å²) in [6.07, 6.45) is -0.536. The molecule has 5 nitrogen and oxygen atoms in total. The van der Waals surface area contributed by atoms with Crippen molar-refractivity contribution in [2.24, 2.45) is 0 Å². The standard InChI is InChI=1S/C17H14ClF3N2O3/c1-23(16(25)7-5-12-3-2-8-26-12)10-15(24)22-11-4-6-14(18)13(9-11)17(19,20)21/h2-9H,10H2,1H3,(H,22,24). The second-order valence-corrected chi connectivity index (χ2v) is 5.69. The first-order valence-electron chi connectivity index (χ1n) is 7.30. The van der Waals surface area contributed by atoms with Crippen LogP contribution >= 0.6 is 11.6 Å². The van der Waals surface area contributed by atoms with Crippen LogP contribution in [0.4, 0.5) is 18.9 Å². The molecule has 9 heteroatoms. The van der Waals surface area contributed by atoms with Crippen LogP contribution in [-0.2, 0) is 15.8 Å². The SMILES string of the molecule is CN(CC(=O)Nc1ccc(Cl)c(C(F)(F)F)c1)C(=O)C=Cc1ccco1. The van der Waals surface area contributed by atoms with Crippen molar-refractivity contribution in [3.05, 3.63) is 59.0 Å². The summed E-state index contributed by atoms with van der Waals surface area (Å²) in [7, 11) is 1.39. The highest BCUT2D eigenvalue weighted by atomic mass is 35.5. The van der Waals surface area contributed by atoms with Crippen LogP contribution in [0.15, 0.2) is 47.1 Å². The van der Waals surface area contributed by atoms with Crippen LogP contribution in [0.1, 0.15) is 11.3 Å². The molecule has 0 aliphatic rings. The maximum atomic E-state index is 12.8. The number of halogens is 4. The predicted molar refractivity (Wildman–Crippen MR) is 90.5 cm³/mol. The number of hydrogen-bond donors (Lipinski definition) is 1. The first-order valence-corrected chi connectivity index (χ1v) is 7.68. The van der Waals surface area contributed by atoms with Gasteiger partial charge < -0.3 is 14.6 Å². The second-order valence-electron chi connectivity index (χ2n) is 5.28. The van der Waals surface area contributed by atoms with Crippen LogP contribution in [0.5, 0.6) is 0 Å². The van der Waals surface area contributed by atoms with E-state index in [0.717, 1.165) is 17.0 Å². The Balaban J connectivity index is 1.97. The summed E-state index contributed by atoms with van der Waals surface area (Å²) < 4.78 is 43.5. The maximum Gasteiger partial charge on any atom is 0.417 e. The lowest BCUT2D eigenvalue weighted by Gasteiger charge is -2.16. The van der Waals surface area contributed by atoms with E-state index in [1.165, 1.54) is 31.5 Å². The number of carbonyl (C=O) groups excluding carboxylic acids is 2. The number of alkyl halides is 3. The Labute approximate surface area is 152 Å². The van der Waals surface area contributed by atoms with Gasteiger partial charge >= 0.3 is 6.18 Å². The normalized spacial score (nSPS) is 11.6. The van der Waals surface area contributed by atoms with Crippen molar-refractivity contribution in [3.8, 4) is 0 Å². The van der Waals surface area contributed by atoms with Gasteiger partial charge in [0.2, 0.25) is 11.8 Å². The molecule has 2 aromatic rings. The fourth-order valence-electron chi connectivity index (χ4n) is 1.98. The summed E-state index contributed by atoms with van der Waals surface area (Å²) in [5.74, 6) is -0.650. The fraction of sp³-hybridized carbons (Fsp3) is 0.176. The van der Waals surface area contributed by atoms with Gasteiger partial charge in [0, 0.05) is 18.8 Å². The van der Waals surface area contributed by atoms with Crippen molar-refractivity contribution in [1.29, 1.82) is 0 Å². The average Bonchev–Trinajstić information content (AvgIpc) is 3.06. The van der Waals surface area contributed by atoms with Crippen LogP contribution in [0.3, 0.4) is 0 Å². The molecule has 0 radical (unpaired) electrons. The molecule has 0 spiro atoms. The topological polar surface area (TPSA) is 62.6 Å². The van der Waals surface area contributed by atoms with E-state index in [4.69, 9.17) is 16.0 Å². The molecular weight excluding hydrogens is 373 g/mol. The van der Waals surface area contributed by atoms with Crippen LogP contribution in [0.25, 0.3) is 6.08 Å². The number of anilines is 1. The molecular formula is C17H14ClF3N2O3. The van der Waals surface area contributed by atoms with Crippen molar-refractivity contribution in [1.82, 2.24) is 4.90 Å². The Hall–Kier alpha value is -2.74. The zero-order valence-electron chi connectivity index (χ0n) is 13.5. The van der Waals surface area contributed by atoms with Crippen molar-refractivity contribution in [2.75, 3.05) is 18.9 Å². The number of hydrogen-bond acceptors (Lipinski definition) is 3. The zero-order chi connectivity index (χ0) is 19.3. The molecule has 1 N–H and O–H groups in total. The van der Waals surface area contributed by atoms with Gasteiger partial charge in [-0.1, -0.05) is 11.6 Å². The Morgan fingerprint density at radius 1 is 1.31 bits per heavy atom. The molecule has 0 atom stereocenters. The summed E-state index contributed by atoms with van der Waals surface area (Å²) in [6, 6.07) is 6.33. The van der Waals surface area contributed by atoms with E-state index in [1.807, 2.05) is 0 Å². The molecule has 0 saturated carbocycles. The molecule has 26 heavy (non-hydrogen) atoms. The Morgan fingerprint density at radius 2 is 2.04 bits per heavy atom. The van der Waals surface area contributed by atoms with Gasteiger partial charge in [-0.3, -0.25) is 9.59 Å². The van der Waals surface area contributed by atoms with Gasteiger partial charge in [-0.05, 0) is 36.4 Å². The largest absolute Gasteiger partial charge is 0.465 e. The highest BCUT2D eigenvalue weighted by Crippen LogP contribution is 2.36. The average molecular weight is 387 g/mol. The van der Waals surface area contributed by atoms with Crippen molar-refractivity contribution < 1.29 is 27.2 Å². The summed E-state index contributed by atoms with van der Waals surface area (Å²) in [5.41, 5.74) is -1.12. The number of furan rings is 1. The third-order valence-electron chi connectivity index (χ3n) is 3.25. The zero-order valence-corrected chi connectivity index (χ0v) is 14.3. The summed E-state index contributed by atoms with van der Waals surface area (Å²) in [5, 5.41) is 1.84. The van der Waals surface area contributed by atoms with Crippen LogP contribution in [0, 0.1) is 0 Å². The lowest BCUT2D eigenvalue weighted by Crippen LogP contribution is -2.33. The van der Waals surface area contributed by atoms with Crippen molar-refractivity contribution >= 4 is 35.2 Å². The number of likely N-dealkylation sites (N-methyl/N-ethyl adjacent to an activating group) is 1. The van der Waals surface area contributed by atoms with Crippen molar-refractivity contribution in [3.63, 3.8) is 0 Å². The van der Waals surface area contributed by atoms with Crippen LogP contribution < -0.4 is 5.32 Å². The molecule has 1 aromatic carbocycles. The van der Waals surface area contributed by atoms with Gasteiger partial charge in [-0.2, -0.15) is 13.2 Å². The van der Waals surface area contributed by atoms with Gasteiger partial charge in [0.1, 0.15) is 5.76 Å². The Kier molecular flexibility index (Phi) is 6.10. The molecule has 1 aromatic heterocycles.